The summed E-state index contributed by atoms with van der Waals surface area (Å²) in [6.07, 6.45) is 1.47. The van der Waals surface area contributed by atoms with Crippen LogP contribution in [-0.4, -0.2) is 40.2 Å². The molecule has 2 aromatic rings. The molecular weight excluding hydrogens is 372 g/mol. The van der Waals surface area contributed by atoms with Crippen molar-refractivity contribution in [3.63, 3.8) is 0 Å². The number of hydrogen-bond donors (Lipinski definition) is 0. The number of rotatable bonds is 2. The molecule has 0 aromatic heterocycles. The highest BCUT2D eigenvalue weighted by Gasteiger charge is 2.44. The first-order valence-corrected chi connectivity index (χ1v) is 9.66. The second kappa shape index (κ2) is 6.99. The van der Waals surface area contributed by atoms with E-state index in [9.17, 15) is 19.7 Å². The van der Waals surface area contributed by atoms with Gasteiger partial charge in [0.2, 0.25) is 0 Å². The van der Waals surface area contributed by atoms with Crippen LogP contribution in [0.4, 0.5) is 5.69 Å². The first-order chi connectivity index (χ1) is 13.8. The minimum atomic E-state index is -0.575. The molecule has 1 spiro atoms. The van der Waals surface area contributed by atoms with Crippen LogP contribution < -0.4 is 4.74 Å². The Labute approximate surface area is 168 Å². The number of hydrogen-bond acceptors (Lipinski definition) is 5. The molecule has 2 aliphatic rings. The van der Waals surface area contributed by atoms with Crippen LogP contribution in [0.3, 0.4) is 0 Å². The van der Waals surface area contributed by atoms with Crippen LogP contribution in [0, 0.1) is 24.0 Å². The number of ether oxygens (including phenoxy) is 1. The van der Waals surface area contributed by atoms with Gasteiger partial charge in [0.25, 0.3) is 11.6 Å². The monoisotopic (exact) mass is 394 g/mol. The number of fused-ring (bicyclic) bond motifs is 1. The van der Waals surface area contributed by atoms with E-state index in [-0.39, 0.29) is 17.4 Å². The van der Waals surface area contributed by atoms with E-state index in [0.717, 1.165) is 11.1 Å². The molecule has 1 fully saturated rings. The SMILES string of the molecule is Cc1ccc2c(c1C)OC1(CCN(C(=O)c3ccc([N+](=O)[O-])cc3)CC1)CC2=O. The number of aryl methyl sites for hydroxylation is 1. The van der Waals surface area contributed by atoms with E-state index in [0.29, 0.717) is 49.2 Å². The van der Waals surface area contributed by atoms with Gasteiger partial charge in [-0.25, -0.2) is 0 Å². The molecule has 2 aromatic carbocycles. The van der Waals surface area contributed by atoms with E-state index in [1.807, 2.05) is 26.0 Å². The highest BCUT2D eigenvalue weighted by atomic mass is 16.6. The highest BCUT2D eigenvalue weighted by Crippen LogP contribution is 2.41. The molecule has 0 saturated carbocycles. The molecule has 2 heterocycles. The van der Waals surface area contributed by atoms with Gasteiger partial charge in [0.05, 0.1) is 16.9 Å². The first kappa shape index (κ1) is 19.1. The Hall–Kier alpha value is -3.22. The number of amides is 1. The van der Waals surface area contributed by atoms with Crippen LogP contribution in [-0.2, 0) is 0 Å². The largest absolute Gasteiger partial charge is 0.486 e. The second-order valence-electron chi connectivity index (χ2n) is 7.87. The summed E-state index contributed by atoms with van der Waals surface area (Å²) in [4.78, 5) is 37.5. The lowest BCUT2D eigenvalue weighted by atomic mass is 9.81. The summed E-state index contributed by atoms with van der Waals surface area (Å²) in [7, 11) is 0. The molecular formula is C22H22N2O5. The molecule has 29 heavy (non-hydrogen) atoms. The highest BCUT2D eigenvalue weighted by molar-refractivity contribution is 6.01. The summed E-state index contributed by atoms with van der Waals surface area (Å²) in [5, 5.41) is 10.8. The number of nitrogens with zero attached hydrogens (tertiary/aromatic N) is 2. The lowest BCUT2D eigenvalue weighted by molar-refractivity contribution is -0.384. The Morgan fingerprint density at radius 3 is 2.38 bits per heavy atom. The molecule has 2 aliphatic heterocycles. The van der Waals surface area contributed by atoms with Gasteiger partial charge in [0, 0.05) is 43.6 Å². The zero-order valence-electron chi connectivity index (χ0n) is 16.4. The maximum absolute atomic E-state index is 12.8. The molecule has 0 radical (unpaired) electrons. The zero-order valence-corrected chi connectivity index (χ0v) is 16.4. The third-order valence-corrected chi connectivity index (χ3v) is 6.07. The Bertz CT molecular complexity index is 1000. The summed E-state index contributed by atoms with van der Waals surface area (Å²) in [5.41, 5.74) is 2.51. The minimum absolute atomic E-state index is 0.0439. The van der Waals surface area contributed by atoms with Crippen molar-refractivity contribution < 1.29 is 19.2 Å². The number of carbonyl (C=O) groups is 2. The Balaban J connectivity index is 1.49. The molecule has 0 bridgehead atoms. The number of likely N-dealkylation sites (tertiary alicyclic amines) is 1. The second-order valence-corrected chi connectivity index (χ2v) is 7.87. The van der Waals surface area contributed by atoms with E-state index in [4.69, 9.17) is 4.74 Å². The molecule has 7 heteroatoms. The number of benzene rings is 2. The Morgan fingerprint density at radius 1 is 1.10 bits per heavy atom. The van der Waals surface area contributed by atoms with Gasteiger partial charge in [-0.3, -0.25) is 19.7 Å². The lowest BCUT2D eigenvalue weighted by Gasteiger charge is -2.44. The molecule has 4 rings (SSSR count). The molecule has 1 saturated heterocycles. The number of nitro groups is 1. The maximum atomic E-state index is 12.8. The van der Waals surface area contributed by atoms with Gasteiger partial charge < -0.3 is 9.64 Å². The van der Waals surface area contributed by atoms with Crippen molar-refractivity contribution in [2.75, 3.05) is 13.1 Å². The van der Waals surface area contributed by atoms with Crippen LogP contribution in [0.5, 0.6) is 5.75 Å². The molecule has 0 unspecified atom stereocenters. The van der Waals surface area contributed by atoms with Gasteiger partial charge >= 0.3 is 0 Å². The van der Waals surface area contributed by atoms with Gasteiger partial charge in [-0.05, 0) is 43.2 Å². The summed E-state index contributed by atoms with van der Waals surface area (Å²) in [5.74, 6) is 0.602. The van der Waals surface area contributed by atoms with Crippen molar-refractivity contribution in [1.29, 1.82) is 0 Å². The van der Waals surface area contributed by atoms with Crippen LogP contribution in [0.25, 0.3) is 0 Å². The number of piperidine rings is 1. The number of carbonyl (C=O) groups excluding carboxylic acids is 2. The quantitative estimate of drug-likeness (QED) is 0.570. The number of Topliss-reactive ketones (excluding diaryl/α,β-unsaturated/α-hetero) is 1. The molecule has 1 amide bonds. The van der Waals surface area contributed by atoms with E-state index < -0.39 is 10.5 Å². The van der Waals surface area contributed by atoms with E-state index in [1.54, 1.807) is 4.90 Å². The Kier molecular flexibility index (Phi) is 4.61. The standard InChI is InChI=1S/C22H22N2O5/c1-14-3-8-18-19(25)13-22(29-20(18)15(14)2)9-11-23(12-10-22)21(26)16-4-6-17(7-5-16)24(27)28/h3-8H,9-13H2,1-2H3. The van der Waals surface area contributed by atoms with E-state index in [1.165, 1.54) is 24.3 Å². The minimum Gasteiger partial charge on any atom is -0.486 e. The van der Waals surface area contributed by atoms with Crippen molar-refractivity contribution in [1.82, 2.24) is 4.90 Å². The van der Waals surface area contributed by atoms with Gasteiger partial charge in [0.1, 0.15) is 11.4 Å². The van der Waals surface area contributed by atoms with Crippen LogP contribution in [0.15, 0.2) is 36.4 Å². The fourth-order valence-electron chi connectivity index (χ4n) is 4.09. The lowest BCUT2D eigenvalue weighted by Crippen LogP contribution is -2.52. The van der Waals surface area contributed by atoms with Crippen LogP contribution in [0.1, 0.15) is 51.1 Å². The average molecular weight is 394 g/mol. The predicted molar refractivity (Wildman–Crippen MR) is 106 cm³/mol. The van der Waals surface area contributed by atoms with Crippen LogP contribution in [0.2, 0.25) is 0 Å². The summed E-state index contributed by atoms with van der Waals surface area (Å²) in [6, 6.07) is 9.41. The third kappa shape index (κ3) is 3.37. The fraction of sp³-hybridized carbons (Fsp3) is 0.364. The maximum Gasteiger partial charge on any atom is 0.269 e. The van der Waals surface area contributed by atoms with Crippen molar-refractivity contribution in [2.24, 2.45) is 0 Å². The normalized spacial score (nSPS) is 17.6. The van der Waals surface area contributed by atoms with Crippen LogP contribution >= 0.6 is 0 Å². The summed E-state index contributed by atoms with van der Waals surface area (Å²) in [6.45, 7) is 4.91. The Morgan fingerprint density at radius 2 is 1.76 bits per heavy atom. The average Bonchev–Trinajstić information content (AvgIpc) is 2.71. The molecule has 0 N–H and O–H groups in total. The van der Waals surface area contributed by atoms with Crippen molar-refractivity contribution in [2.45, 2.75) is 38.7 Å². The number of nitro benzene ring substituents is 1. The molecule has 7 nitrogen and oxygen atoms in total. The van der Waals surface area contributed by atoms with Crippen molar-refractivity contribution >= 4 is 17.4 Å². The van der Waals surface area contributed by atoms with Gasteiger partial charge in [0.15, 0.2) is 5.78 Å². The molecule has 0 atom stereocenters. The number of non-ortho nitro benzene ring substituents is 1. The fourth-order valence-corrected chi connectivity index (χ4v) is 4.09. The molecule has 0 aliphatic carbocycles. The predicted octanol–water partition coefficient (Wildman–Crippen LogP) is 3.85. The van der Waals surface area contributed by atoms with Gasteiger partial charge in [-0.15, -0.1) is 0 Å². The van der Waals surface area contributed by atoms with E-state index >= 15 is 0 Å². The summed E-state index contributed by atoms with van der Waals surface area (Å²) >= 11 is 0. The smallest absolute Gasteiger partial charge is 0.269 e. The number of ketones is 1. The van der Waals surface area contributed by atoms with Crippen molar-refractivity contribution in [3.05, 3.63) is 68.8 Å². The summed E-state index contributed by atoms with van der Waals surface area (Å²) < 4.78 is 6.38. The first-order valence-electron chi connectivity index (χ1n) is 9.66. The third-order valence-electron chi connectivity index (χ3n) is 6.07. The van der Waals surface area contributed by atoms with E-state index in [2.05, 4.69) is 0 Å². The van der Waals surface area contributed by atoms with Gasteiger partial charge in [-0.2, -0.15) is 0 Å². The van der Waals surface area contributed by atoms with Gasteiger partial charge in [-0.1, -0.05) is 6.07 Å². The van der Waals surface area contributed by atoms with Crippen molar-refractivity contribution in [3.8, 4) is 5.75 Å². The zero-order chi connectivity index (χ0) is 20.8. The topological polar surface area (TPSA) is 89.8 Å². The molecule has 150 valence electrons.